The molecule has 4 rings (SSSR count). The van der Waals surface area contributed by atoms with E-state index in [-0.39, 0.29) is 36.4 Å². The van der Waals surface area contributed by atoms with Gasteiger partial charge in [-0.25, -0.2) is 4.39 Å². The van der Waals surface area contributed by atoms with Gasteiger partial charge in [-0.2, -0.15) is 0 Å². The van der Waals surface area contributed by atoms with Crippen molar-refractivity contribution in [1.29, 1.82) is 0 Å². The number of fused-ring (bicyclic) bond motifs is 5. The summed E-state index contributed by atoms with van der Waals surface area (Å²) < 4.78 is 28.5. The van der Waals surface area contributed by atoms with Gasteiger partial charge in [-0.3, -0.25) is 19.2 Å². The van der Waals surface area contributed by atoms with Crippen molar-refractivity contribution >= 4 is 23.5 Å². The second-order valence-corrected chi connectivity index (χ2v) is 11.4. The smallest absolute Gasteiger partial charge is 0.306 e. The summed E-state index contributed by atoms with van der Waals surface area (Å²) in [4.78, 5) is 50.3. The number of ketones is 2. The van der Waals surface area contributed by atoms with Crippen LogP contribution in [0.2, 0.25) is 0 Å². The molecule has 0 spiro atoms. The van der Waals surface area contributed by atoms with Gasteiger partial charge >= 0.3 is 11.9 Å². The Kier molecular flexibility index (Phi) is 7.67. The van der Waals surface area contributed by atoms with E-state index in [4.69, 9.17) is 9.47 Å². The molecule has 0 aromatic carbocycles. The Hall–Kier alpha value is -2.39. The maximum Gasteiger partial charge on any atom is 0.306 e. The molecule has 206 valence electrons. The highest BCUT2D eigenvalue weighted by Crippen LogP contribution is 2.71. The minimum absolute atomic E-state index is 0. The molecule has 0 heterocycles. The second kappa shape index (κ2) is 9.73. The maximum atomic E-state index is 17.4. The Morgan fingerprint density at radius 3 is 2.41 bits per heavy atom. The maximum absolute atomic E-state index is 17.4. The number of rotatable bonds is 6. The topological polar surface area (TPSA) is 138 Å². The first-order valence-electron chi connectivity index (χ1n) is 13.0. The molecule has 4 aliphatic carbocycles. The van der Waals surface area contributed by atoms with Crippen LogP contribution in [0.4, 0.5) is 4.39 Å². The zero-order valence-corrected chi connectivity index (χ0v) is 22.3. The first kappa shape index (κ1) is 29.2. The van der Waals surface area contributed by atoms with E-state index < -0.39 is 64.4 Å². The second-order valence-electron chi connectivity index (χ2n) is 11.4. The molecule has 0 saturated heterocycles. The molecule has 4 aliphatic rings. The molecule has 0 radical (unpaired) electrons. The fourth-order valence-corrected chi connectivity index (χ4v) is 8.01. The predicted octanol–water partition coefficient (Wildman–Crippen LogP) is 2.99. The van der Waals surface area contributed by atoms with Gasteiger partial charge in [-0.05, 0) is 50.7 Å². The molecule has 9 heteroatoms. The first-order chi connectivity index (χ1) is 16.8. The third kappa shape index (κ3) is 3.83. The van der Waals surface area contributed by atoms with Crippen LogP contribution >= 0.6 is 0 Å². The number of carbonyl (C=O) groups is 4. The van der Waals surface area contributed by atoms with Gasteiger partial charge in [-0.15, -0.1) is 0 Å². The molecule has 8 nitrogen and oxygen atoms in total. The highest BCUT2D eigenvalue weighted by molar-refractivity contribution is 6.01. The lowest BCUT2D eigenvalue weighted by Gasteiger charge is -2.62. The van der Waals surface area contributed by atoms with Crippen molar-refractivity contribution in [1.82, 2.24) is 0 Å². The number of hydrogen-bond acceptors (Lipinski definition) is 7. The van der Waals surface area contributed by atoms with Crippen molar-refractivity contribution < 1.29 is 43.6 Å². The van der Waals surface area contributed by atoms with Crippen LogP contribution in [-0.4, -0.2) is 58.1 Å². The van der Waals surface area contributed by atoms with Crippen LogP contribution in [0.5, 0.6) is 0 Å². The molecular formula is C28H39FO8. The van der Waals surface area contributed by atoms with E-state index in [1.807, 2.05) is 6.92 Å². The van der Waals surface area contributed by atoms with Gasteiger partial charge in [0.1, 0.15) is 0 Å². The van der Waals surface area contributed by atoms with Crippen molar-refractivity contribution in [3.05, 3.63) is 23.8 Å². The largest absolute Gasteiger partial charge is 0.457 e. The third-order valence-corrected chi connectivity index (χ3v) is 9.81. The molecule has 0 unspecified atom stereocenters. The molecular weight excluding hydrogens is 483 g/mol. The van der Waals surface area contributed by atoms with E-state index >= 15 is 4.39 Å². The molecule has 3 N–H and O–H groups in total. The van der Waals surface area contributed by atoms with Gasteiger partial charge in [0.05, 0.1) is 6.10 Å². The molecule has 0 amide bonds. The zero-order valence-electron chi connectivity index (χ0n) is 22.3. The fourth-order valence-electron chi connectivity index (χ4n) is 8.01. The van der Waals surface area contributed by atoms with Gasteiger partial charge in [0.2, 0.25) is 5.78 Å². The number of halogens is 1. The van der Waals surface area contributed by atoms with Crippen molar-refractivity contribution in [3.8, 4) is 0 Å². The number of Topliss-reactive ketones (excluding diaryl/α,β-unsaturated/α-hetero) is 1. The minimum Gasteiger partial charge on any atom is -0.457 e. The van der Waals surface area contributed by atoms with E-state index in [0.29, 0.717) is 24.8 Å². The quantitative estimate of drug-likeness (QED) is 0.529. The summed E-state index contributed by atoms with van der Waals surface area (Å²) in [5, 5.41) is 11.5. The number of esters is 2. The Morgan fingerprint density at radius 1 is 1.14 bits per heavy atom. The molecule has 0 bridgehead atoms. The Morgan fingerprint density at radius 2 is 1.78 bits per heavy atom. The number of carbonyl (C=O) groups excluding carboxylic acids is 4. The van der Waals surface area contributed by atoms with Gasteiger partial charge in [0.25, 0.3) is 0 Å². The van der Waals surface area contributed by atoms with E-state index in [1.54, 1.807) is 33.8 Å². The van der Waals surface area contributed by atoms with Crippen LogP contribution in [0.25, 0.3) is 0 Å². The normalized spacial score (nSPS) is 41.9. The number of aliphatic hydroxyl groups is 1. The number of hydrogen-bond donors (Lipinski definition) is 1. The van der Waals surface area contributed by atoms with E-state index in [2.05, 4.69) is 0 Å². The highest BCUT2D eigenvalue weighted by atomic mass is 19.1. The summed E-state index contributed by atoms with van der Waals surface area (Å²) in [5.41, 5.74) is -5.26. The molecule has 0 aromatic heterocycles. The zero-order chi connectivity index (χ0) is 26.7. The van der Waals surface area contributed by atoms with Crippen LogP contribution in [0.1, 0.15) is 73.1 Å². The summed E-state index contributed by atoms with van der Waals surface area (Å²) in [6.07, 6.45) is 4.32. The summed E-state index contributed by atoms with van der Waals surface area (Å²) >= 11 is 0. The standard InChI is InChI=1S/C28H37FO7.H2O/c1-6-23(33)35-15-22(32)28(36-24(34)7-2)16(3)12-20-19-9-8-17-13-18(30)10-11-25(17,4)27(19,29)21(31)14-26(20,28)5;/h10-11,13,16,19-21,31H,6-9,12,14-15H2,1-5H3;1H2/t16-,19-,20-,21-,25-,26-,27-,28-;/m0./s1. The summed E-state index contributed by atoms with van der Waals surface area (Å²) in [6.45, 7) is 8.05. The number of ether oxygens (including phenoxy) is 2. The average Bonchev–Trinajstić information content (AvgIpc) is 3.05. The monoisotopic (exact) mass is 522 g/mol. The Balaban J connectivity index is 0.00000380. The summed E-state index contributed by atoms with van der Waals surface area (Å²) in [7, 11) is 0. The highest BCUT2D eigenvalue weighted by Gasteiger charge is 2.77. The van der Waals surface area contributed by atoms with Crippen LogP contribution in [0.15, 0.2) is 23.8 Å². The van der Waals surface area contributed by atoms with Crippen LogP contribution < -0.4 is 0 Å². The average molecular weight is 523 g/mol. The summed E-state index contributed by atoms with van der Waals surface area (Å²) in [5.74, 6) is -3.31. The molecule has 3 saturated carbocycles. The molecule has 37 heavy (non-hydrogen) atoms. The molecule has 8 atom stereocenters. The summed E-state index contributed by atoms with van der Waals surface area (Å²) in [6, 6.07) is 0. The van der Waals surface area contributed by atoms with Crippen molar-refractivity contribution in [2.24, 2.45) is 28.6 Å². The van der Waals surface area contributed by atoms with Gasteiger partial charge in [-0.1, -0.05) is 39.3 Å². The van der Waals surface area contributed by atoms with Crippen molar-refractivity contribution in [3.63, 3.8) is 0 Å². The van der Waals surface area contributed by atoms with E-state index in [0.717, 1.165) is 0 Å². The lowest BCUT2D eigenvalue weighted by molar-refractivity contribution is -0.228. The number of aliphatic hydroxyl groups excluding tert-OH is 1. The van der Waals surface area contributed by atoms with Crippen LogP contribution in [-0.2, 0) is 28.7 Å². The first-order valence-corrected chi connectivity index (χ1v) is 13.0. The van der Waals surface area contributed by atoms with E-state index in [9.17, 15) is 24.3 Å². The number of alkyl halides is 1. The molecule has 3 fully saturated rings. The molecule has 0 aliphatic heterocycles. The van der Waals surface area contributed by atoms with Crippen molar-refractivity contribution in [2.75, 3.05) is 6.61 Å². The van der Waals surface area contributed by atoms with E-state index in [1.165, 1.54) is 12.2 Å². The van der Waals surface area contributed by atoms with Crippen LogP contribution in [0.3, 0.4) is 0 Å². The van der Waals surface area contributed by atoms with Crippen LogP contribution in [0, 0.1) is 28.6 Å². The Labute approximate surface area is 217 Å². The predicted molar refractivity (Wildman–Crippen MR) is 132 cm³/mol. The SMILES string of the molecule is CCC(=O)OCC(=O)[C@@]1(OC(=O)CC)[C@@H](C)C[C@H]2[C@@H]3CCC4=CC(=O)C=C[C@]4(C)[C@@]3(F)[C@@H](O)C[C@@]21C.O. The van der Waals surface area contributed by atoms with Gasteiger partial charge in [0, 0.05) is 35.5 Å². The lowest BCUT2D eigenvalue weighted by Crippen LogP contribution is -2.70. The lowest BCUT2D eigenvalue weighted by atomic mass is 9.44. The third-order valence-electron chi connectivity index (χ3n) is 9.81. The minimum atomic E-state index is -2.05. The number of allylic oxidation sites excluding steroid dienone is 4. The van der Waals surface area contributed by atoms with Gasteiger partial charge in [0.15, 0.2) is 23.7 Å². The Bertz CT molecular complexity index is 1050. The molecule has 0 aromatic rings. The fraction of sp³-hybridized carbons (Fsp3) is 0.714. The van der Waals surface area contributed by atoms with Crippen molar-refractivity contribution in [2.45, 2.75) is 90.5 Å². The van der Waals surface area contributed by atoms with Gasteiger partial charge < -0.3 is 20.1 Å².